The number of sulfonamides is 1. The molecule has 1 fully saturated rings. The fourth-order valence-corrected chi connectivity index (χ4v) is 4.49. The normalized spacial score (nSPS) is 17.8. The van der Waals surface area contributed by atoms with Gasteiger partial charge in [0.15, 0.2) is 5.96 Å². The van der Waals surface area contributed by atoms with Crippen molar-refractivity contribution in [1.29, 1.82) is 0 Å². The van der Waals surface area contributed by atoms with Crippen molar-refractivity contribution in [1.82, 2.24) is 19.9 Å². The molecule has 31 heavy (non-hydrogen) atoms. The van der Waals surface area contributed by atoms with Gasteiger partial charge in [0.1, 0.15) is 0 Å². The number of piperidine rings is 1. The molecule has 0 aliphatic carbocycles. The van der Waals surface area contributed by atoms with Crippen LogP contribution in [0, 0.1) is 11.8 Å². The maximum absolute atomic E-state index is 12.7. The molecule has 0 radical (unpaired) electrons. The first-order valence-electron chi connectivity index (χ1n) is 9.97. The summed E-state index contributed by atoms with van der Waals surface area (Å²) in [4.78, 5) is 8.39. The number of aromatic nitrogens is 1. The molecule has 7 nitrogen and oxygen atoms in total. The molecule has 178 valence electrons. The van der Waals surface area contributed by atoms with Gasteiger partial charge in [0, 0.05) is 51.5 Å². The lowest BCUT2D eigenvalue weighted by Gasteiger charge is -2.32. The van der Waals surface area contributed by atoms with Gasteiger partial charge < -0.3 is 10.6 Å². The minimum absolute atomic E-state index is 0. The quantitative estimate of drug-likeness (QED) is 0.296. The molecular weight excluding hydrogens is 546 g/mol. The van der Waals surface area contributed by atoms with Gasteiger partial charge in [0.05, 0.1) is 0 Å². The molecule has 0 bridgehead atoms. The Morgan fingerprint density at radius 2 is 1.94 bits per heavy atom. The first-order valence-corrected chi connectivity index (χ1v) is 11.4. The molecule has 0 aromatic carbocycles. The fraction of sp³-hybridized carbons (Fsp3) is 0.684. The van der Waals surface area contributed by atoms with E-state index >= 15 is 0 Å². The van der Waals surface area contributed by atoms with Gasteiger partial charge >= 0.3 is 15.5 Å². The highest BCUT2D eigenvalue weighted by Crippen LogP contribution is 2.30. The van der Waals surface area contributed by atoms with Crippen LogP contribution in [0.4, 0.5) is 13.2 Å². The van der Waals surface area contributed by atoms with Crippen LogP contribution >= 0.6 is 24.0 Å². The summed E-state index contributed by atoms with van der Waals surface area (Å²) in [6.07, 6.45) is 4.32. The number of nitrogens with one attached hydrogen (secondary N) is 2. The lowest BCUT2D eigenvalue weighted by Crippen LogP contribution is -2.47. The van der Waals surface area contributed by atoms with E-state index in [2.05, 4.69) is 34.5 Å². The third-order valence-corrected chi connectivity index (χ3v) is 7.02. The smallest absolute Gasteiger partial charge is 0.356 e. The van der Waals surface area contributed by atoms with E-state index in [9.17, 15) is 21.6 Å². The van der Waals surface area contributed by atoms with Crippen LogP contribution in [0.2, 0.25) is 0 Å². The van der Waals surface area contributed by atoms with Crippen LogP contribution in [0.1, 0.15) is 38.2 Å². The molecule has 1 aliphatic heterocycles. The molecule has 1 atom stereocenters. The maximum Gasteiger partial charge on any atom is 0.511 e. The lowest BCUT2D eigenvalue weighted by atomic mass is 9.89. The van der Waals surface area contributed by atoms with Crippen molar-refractivity contribution in [2.45, 2.75) is 38.1 Å². The van der Waals surface area contributed by atoms with Crippen LogP contribution in [-0.4, -0.2) is 62.4 Å². The minimum atomic E-state index is -5.24. The first kappa shape index (κ1) is 27.9. The Kier molecular flexibility index (Phi) is 11.0. The Balaban J connectivity index is 0.00000480. The van der Waals surface area contributed by atoms with E-state index in [-0.39, 0.29) is 48.9 Å². The largest absolute Gasteiger partial charge is 0.511 e. The highest BCUT2D eigenvalue weighted by molar-refractivity contribution is 14.0. The number of hydrogen-bond acceptors (Lipinski definition) is 4. The maximum atomic E-state index is 12.7. The van der Waals surface area contributed by atoms with Gasteiger partial charge in [-0.25, -0.2) is 8.42 Å². The highest BCUT2D eigenvalue weighted by Gasteiger charge is 2.50. The third kappa shape index (κ3) is 7.74. The summed E-state index contributed by atoms with van der Waals surface area (Å²) < 4.78 is 61.5. The monoisotopic (exact) mass is 577 g/mol. The number of pyridine rings is 1. The van der Waals surface area contributed by atoms with Crippen molar-refractivity contribution in [3.8, 4) is 0 Å². The van der Waals surface area contributed by atoms with Crippen LogP contribution in [0.5, 0.6) is 0 Å². The average molecular weight is 577 g/mol. The van der Waals surface area contributed by atoms with Crippen molar-refractivity contribution < 1.29 is 21.6 Å². The molecule has 1 saturated heterocycles. The molecule has 0 saturated carbocycles. The number of alkyl halides is 3. The van der Waals surface area contributed by atoms with E-state index in [1.165, 1.54) is 0 Å². The zero-order chi connectivity index (χ0) is 22.4. The van der Waals surface area contributed by atoms with Gasteiger partial charge in [0.25, 0.3) is 0 Å². The lowest BCUT2D eigenvalue weighted by molar-refractivity contribution is -0.0496. The van der Waals surface area contributed by atoms with Gasteiger partial charge in [-0.3, -0.25) is 9.98 Å². The summed E-state index contributed by atoms with van der Waals surface area (Å²) in [5.41, 5.74) is -4.11. The van der Waals surface area contributed by atoms with Crippen LogP contribution in [-0.2, 0) is 10.0 Å². The Morgan fingerprint density at radius 1 is 1.29 bits per heavy atom. The van der Waals surface area contributed by atoms with E-state index in [0.29, 0.717) is 42.1 Å². The number of aliphatic imine (C=N–C) groups is 1. The summed E-state index contributed by atoms with van der Waals surface area (Å²) >= 11 is 0. The predicted octanol–water partition coefficient (Wildman–Crippen LogP) is 3.17. The number of guanidine groups is 1. The van der Waals surface area contributed by atoms with Gasteiger partial charge in [-0.15, -0.1) is 24.0 Å². The Bertz CT molecular complexity index is 799. The second-order valence-electron chi connectivity index (χ2n) is 7.76. The fourth-order valence-electron chi connectivity index (χ4n) is 3.50. The van der Waals surface area contributed by atoms with Gasteiger partial charge in [-0.2, -0.15) is 17.5 Å². The zero-order valence-electron chi connectivity index (χ0n) is 17.9. The summed E-state index contributed by atoms with van der Waals surface area (Å²) in [5, 5.41) is 6.50. The molecule has 12 heteroatoms. The van der Waals surface area contributed by atoms with Crippen molar-refractivity contribution in [3.63, 3.8) is 0 Å². The van der Waals surface area contributed by atoms with E-state index in [1.807, 2.05) is 18.3 Å². The van der Waals surface area contributed by atoms with E-state index in [4.69, 9.17) is 0 Å². The summed E-state index contributed by atoms with van der Waals surface area (Å²) in [5.74, 6) is 1.31. The average Bonchev–Trinajstić information content (AvgIpc) is 2.70. The highest BCUT2D eigenvalue weighted by atomic mass is 127. The van der Waals surface area contributed by atoms with Crippen LogP contribution < -0.4 is 10.6 Å². The van der Waals surface area contributed by atoms with Crippen molar-refractivity contribution >= 4 is 40.0 Å². The summed E-state index contributed by atoms with van der Waals surface area (Å²) in [7, 11) is -3.58. The molecule has 1 aliphatic rings. The minimum Gasteiger partial charge on any atom is -0.356 e. The Hall–Kier alpha value is -1.15. The Labute approximate surface area is 199 Å². The Morgan fingerprint density at radius 3 is 2.42 bits per heavy atom. The molecule has 2 N–H and O–H groups in total. The van der Waals surface area contributed by atoms with Crippen LogP contribution in [0.25, 0.3) is 0 Å². The van der Waals surface area contributed by atoms with Crippen molar-refractivity contribution in [2.75, 3.05) is 33.2 Å². The molecule has 2 rings (SSSR count). The van der Waals surface area contributed by atoms with Crippen molar-refractivity contribution in [2.24, 2.45) is 16.8 Å². The predicted molar refractivity (Wildman–Crippen MR) is 126 cm³/mol. The third-order valence-electron chi connectivity index (χ3n) is 5.39. The van der Waals surface area contributed by atoms with E-state index < -0.39 is 15.5 Å². The molecular formula is C19H31F3IN5O2S. The molecule has 0 amide bonds. The first-order chi connectivity index (χ1) is 14.1. The van der Waals surface area contributed by atoms with Crippen LogP contribution in [0.15, 0.2) is 29.5 Å². The number of halogens is 4. The van der Waals surface area contributed by atoms with Gasteiger partial charge in [-0.05, 0) is 36.3 Å². The molecule has 2 heterocycles. The molecule has 0 spiro atoms. The molecule has 1 unspecified atom stereocenters. The topological polar surface area (TPSA) is 86.7 Å². The standard InChI is InChI=1S/C19H30F3N5O2S.HI/c1-14(2)17(16-5-4-8-24-12-16)13-26-18(23-3)25-11-15-6-9-27(10-7-15)30(28,29)19(20,21)22;/h4-5,8,12,14-15,17H,6-7,9-11,13H2,1-3H3,(H2,23,25,26);1H. The van der Waals surface area contributed by atoms with Crippen LogP contribution in [0.3, 0.4) is 0 Å². The SMILES string of the molecule is CN=C(NCC1CCN(S(=O)(=O)C(F)(F)F)CC1)NCC(c1cccnc1)C(C)C.I. The zero-order valence-corrected chi connectivity index (χ0v) is 21.0. The number of rotatable bonds is 7. The number of hydrogen-bond donors (Lipinski definition) is 2. The molecule has 1 aromatic rings. The second-order valence-corrected chi connectivity index (χ2v) is 9.69. The van der Waals surface area contributed by atoms with Gasteiger partial charge in [0.2, 0.25) is 0 Å². The number of nitrogens with zero attached hydrogens (tertiary/aromatic N) is 3. The van der Waals surface area contributed by atoms with E-state index in [0.717, 1.165) is 5.56 Å². The summed E-state index contributed by atoms with van der Waals surface area (Å²) in [6, 6.07) is 3.95. The second kappa shape index (κ2) is 12.2. The van der Waals surface area contributed by atoms with E-state index in [1.54, 1.807) is 13.2 Å². The molecule has 1 aromatic heterocycles. The van der Waals surface area contributed by atoms with Crippen molar-refractivity contribution in [3.05, 3.63) is 30.1 Å². The van der Waals surface area contributed by atoms with Gasteiger partial charge in [-0.1, -0.05) is 19.9 Å². The summed E-state index contributed by atoms with van der Waals surface area (Å²) in [6.45, 7) is 5.19.